The zero-order valence-corrected chi connectivity index (χ0v) is 13.5. The van der Waals surface area contributed by atoms with Crippen LogP contribution in [-0.4, -0.2) is 26.4 Å². The average molecular weight is 333 g/mol. The Balaban J connectivity index is 1.95. The summed E-state index contributed by atoms with van der Waals surface area (Å²) in [6.45, 7) is 3.43. The molecular formula is C15H15N3O4S. The zero-order valence-electron chi connectivity index (χ0n) is 12.7. The van der Waals surface area contributed by atoms with Crippen LogP contribution in [0.3, 0.4) is 0 Å². The number of Topliss-reactive ketones (excluding diaryl/α,β-unsaturated/α-hetero) is 1. The van der Waals surface area contributed by atoms with Crippen molar-refractivity contribution in [2.75, 3.05) is 5.75 Å². The first-order chi connectivity index (χ1) is 10.9. The highest BCUT2D eigenvalue weighted by Crippen LogP contribution is 2.15. The van der Waals surface area contributed by atoms with E-state index >= 15 is 0 Å². The number of non-ortho nitro benzene ring substituents is 1. The summed E-state index contributed by atoms with van der Waals surface area (Å²) in [5.74, 6) is 0.118. The van der Waals surface area contributed by atoms with Crippen molar-refractivity contribution in [2.24, 2.45) is 0 Å². The molecule has 2 aromatic rings. The van der Waals surface area contributed by atoms with Gasteiger partial charge in [-0.2, -0.15) is 0 Å². The maximum atomic E-state index is 12.0. The van der Waals surface area contributed by atoms with E-state index in [4.69, 9.17) is 0 Å². The lowest BCUT2D eigenvalue weighted by atomic mass is 10.1. The van der Waals surface area contributed by atoms with E-state index in [1.807, 2.05) is 0 Å². The van der Waals surface area contributed by atoms with Gasteiger partial charge in [-0.05, 0) is 19.4 Å². The lowest BCUT2D eigenvalue weighted by Gasteiger charge is -2.04. The molecule has 2 rings (SSSR count). The Hall–Kier alpha value is -2.48. The van der Waals surface area contributed by atoms with Crippen molar-refractivity contribution in [1.82, 2.24) is 9.97 Å². The highest BCUT2D eigenvalue weighted by Gasteiger charge is 2.10. The molecule has 0 aliphatic rings. The molecule has 0 spiro atoms. The first-order valence-corrected chi connectivity index (χ1v) is 7.80. The van der Waals surface area contributed by atoms with Crippen molar-refractivity contribution < 1.29 is 9.72 Å². The monoisotopic (exact) mass is 333 g/mol. The Bertz CT molecular complexity index is 799. The lowest BCUT2D eigenvalue weighted by molar-refractivity contribution is -0.384. The molecule has 0 atom stereocenters. The number of hydrogen-bond donors (Lipinski definition) is 1. The molecule has 1 aromatic heterocycles. The predicted molar refractivity (Wildman–Crippen MR) is 86.9 cm³/mol. The van der Waals surface area contributed by atoms with Crippen molar-refractivity contribution in [1.29, 1.82) is 0 Å². The van der Waals surface area contributed by atoms with Crippen molar-refractivity contribution in [3.05, 3.63) is 61.6 Å². The molecule has 0 radical (unpaired) electrons. The average Bonchev–Trinajstić information content (AvgIpc) is 2.51. The molecule has 23 heavy (non-hydrogen) atoms. The molecule has 0 fully saturated rings. The molecular weight excluding hydrogens is 318 g/mol. The van der Waals surface area contributed by atoms with E-state index < -0.39 is 4.92 Å². The quantitative estimate of drug-likeness (QED) is 0.376. The second-order valence-corrected chi connectivity index (χ2v) is 5.97. The Morgan fingerprint density at radius 3 is 2.52 bits per heavy atom. The van der Waals surface area contributed by atoms with Gasteiger partial charge in [0.2, 0.25) is 0 Å². The smallest absolute Gasteiger partial charge is 0.269 e. The molecule has 0 saturated carbocycles. The van der Waals surface area contributed by atoms with E-state index in [1.54, 1.807) is 26.0 Å². The molecule has 0 amide bonds. The van der Waals surface area contributed by atoms with Gasteiger partial charge in [-0.25, -0.2) is 4.98 Å². The van der Waals surface area contributed by atoms with Crippen molar-refractivity contribution in [3.63, 3.8) is 0 Å². The number of nitrogens with zero attached hydrogens (tertiary/aromatic N) is 2. The second kappa shape index (κ2) is 7.19. The number of hydrogen-bond acceptors (Lipinski definition) is 6. The van der Waals surface area contributed by atoms with Crippen molar-refractivity contribution >= 4 is 23.2 Å². The van der Waals surface area contributed by atoms with Gasteiger partial charge < -0.3 is 4.98 Å². The van der Waals surface area contributed by atoms with Crippen LogP contribution in [0.5, 0.6) is 0 Å². The van der Waals surface area contributed by atoms with Gasteiger partial charge in [0.05, 0.1) is 10.7 Å². The fourth-order valence-electron chi connectivity index (χ4n) is 1.85. The predicted octanol–water partition coefficient (Wildman–Crippen LogP) is 2.20. The normalized spacial score (nSPS) is 10.5. The summed E-state index contributed by atoms with van der Waals surface area (Å²) in [7, 11) is 0. The summed E-state index contributed by atoms with van der Waals surface area (Å²) in [4.78, 5) is 40.5. The molecule has 1 aromatic carbocycles. The number of aromatic nitrogens is 2. The second-order valence-electron chi connectivity index (χ2n) is 5.01. The maximum Gasteiger partial charge on any atom is 0.269 e. The first-order valence-electron chi connectivity index (χ1n) is 6.82. The van der Waals surface area contributed by atoms with E-state index in [2.05, 4.69) is 9.97 Å². The highest BCUT2D eigenvalue weighted by molar-refractivity contribution is 7.99. The van der Waals surface area contributed by atoms with Crippen LogP contribution in [0.2, 0.25) is 0 Å². The van der Waals surface area contributed by atoms with Crippen LogP contribution in [0.15, 0.2) is 34.2 Å². The van der Waals surface area contributed by atoms with Crippen molar-refractivity contribution in [2.45, 2.75) is 25.4 Å². The third-order valence-corrected chi connectivity index (χ3v) is 4.22. The number of ketones is 1. The molecule has 120 valence electrons. The van der Waals surface area contributed by atoms with Crippen LogP contribution in [0.1, 0.15) is 16.8 Å². The lowest BCUT2D eigenvalue weighted by Crippen LogP contribution is -2.15. The number of rotatable bonds is 6. The summed E-state index contributed by atoms with van der Waals surface area (Å²) in [5.41, 5.74) is 1.70. The van der Waals surface area contributed by atoms with Crippen LogP contribution >= 0.6 is 11.8 Å². The van der Waals surface area contributed by atoms with Gasteiger partial charge in [0.1, 0.15) is 5.78 Å². The number of nitro benzene ring substituents is 1. The van der Waals surface area contributed by atoms with Gasteiger partial charge in [-0.1, -0.05) is 23.9 Å². The van der Waals surface area contributed by atoms with E-state index in [0.717, 1.165) is 0 Å². The molecule has 0 bridgehead atoms. The fraction of sp³-hybridized carbons (Fsp3) is 0.267. The standard InChI is InChI=1S/C15H15N3O4S/c1-9-10(2)16-15(17-14(9)20)23-8-13(19)7-11-3-5-12(6-4-11)18(21)22/h3-6H,7-8H2,1-2H3,(H,16,17,20). The van der Waals surface area contributed by atoms with E-state index in [9.17, 15) is 19.7 Å². The Morgan fingerprint density at radius 1 is 1.30 bits per heavy atom. The third kappa shape index (κ3) is 4.49. The topological polar surface area (TPSA) is 106 Å². The van der Waals surface area contributed by atoms with E-state index in [-0.39, 0.29) is 29.2 Å². The van der Waals surface area contributed by atoms with Gasteiger partial charge in [-0.3, -0.25) is 19.7 Å². The number of carbonyl (C=O) groups is 1. The summed E-state index contributed by atoms with van der Waals surface area (Å²) in [6, 6.07) is 5.88. The van der Waals surface area contributed by atoms with Crippen LogP contribution in [-0.2, 0) is 11.2 Å². The van der Waals surface area contributed by atoms with Crippen LogP contribution in [0.25, 0.3) is 0 Å². The molecule has 1 N–H and O–H groups in total. The highest BCUT2D eigenvalue weighted by atomic mass is 32.2. The van der Waals surface area contributed by atoms with Gasteiger partial charge in [0, 0.05) is 29.8 Å². The number of aromatic amines is 1. The first kappa shape index (κ1) is 16.9. The largest absolute Gasteiger partial charge is 0.301 e. The number of aryl methyl sites for hydroxylation is 1. The number of nitro groups is 1. The Morgan fingerprint density at radius 2 is 1.96 bits per heavy atom. The molecule has 0 aliphatic heterocycles. The number of thioether (sulfide) groups is 1. The molecule has 7 nitrogen and oxygen atoms in total. The number of benzene rings is 1. The number of nitrogens with one attached hydrogen (secondary N) is 1. The molecule has 0 aliphatic carbocycles. The fourth-order valence-corrected chi connectivity index (χ4v) is 2.62. The minimum Gasteiger partial charge on any atom is -0.301 e. The van der Waals surface area contributed by atoms with Gasteiger partial charge >= 0.3 is 0 Å². The van der Waals surface area contributed by atoms with Crippen LogP contribution < -0.4 is 5.56 Å². The summed E-state index contributed by atoms with van der Waals surface area (Å²) < 4.78 is 0. The van der Waals surface area contributed by atoms with Crippen LogP contribution in [0, 0.1) is 24.0 Å². The summed E-state index contributed by atoms with van der Waals surface area (Å²) in [6.07, 6.45) is 0.181. The maximum absolute atomic E-state index is 12.0. The number of carbonyl (C=O) groups excluding carboxylic acids is 1. The molecule has 0 unspecified atom stereocenters. The van der Waals surface area contributed by atoms with Gasteiger partial charge in [0.25, 0.3) is 11.2 Å². The van der Waals surface area contributed by atoms with Gasteiger partial charge in [-0.15, -0.1) is 0 Å². The molecule has 1 heterocycles. The van der Waals surface area contributed by atoms with Crippen LogP contribution in [0.4, 0.5) is 5.69 Å². The Kier molecular flexibility index (Phi) is 5.28. The van der Waals surface area contributed by atoms with Gasteiger partial charge in [0.15, 0.2) is 5.16 Å². The minimum atomic E-state index is -0.483. The third-order valence-electron chi connectivity index (χ3n) is 3.29. The summed E-state index contributed by atoms with van der Waals surface area (Å²) >= 11 is 1.17. The van der Waals surface area contributed by atoms with Crippen molar-refractivity contribution in [3.8, 4) is 0 Å². The zero-order chi connectivity index (χ0) is 17.0. The SMILES string of the molecule is Cc1nc(SCC(=O)Cc2ccc([N+](=O)[O-])cc2)[nH]c(=O)c1C. The summed E-state index contributed by atoms with van der Waals surface area (Å²) in [5, 5.41) is 11.0. The molecule has 0 saturated heterocycles. The minimum absolute atomic E-state index is 0.00696. The van der Waals surface area contributed by atoms with E-state index in [1.165, 1.54) is 23.9 Å². The molecule has 8 heteroatoms. The Labute approximate surface area is 136 Å². The number of H-pyrrole nitrogens is 1. The van der Waals surface area contributed by atoms with E-state index in [0.29, 0.717) is 22.0 Å².